The molecule has 0 fully saturated rings. The molecule has 8 heteroatoms. The van der Waals surface area contributed by atoms with Crippen molar-refractivity contribution in [2.75, 3.05) is 0 Å². The Balaban J connectivity index is 2.07. The van der Waals surface area contributed by atoms with E-state index in [0.29, 0.717) is 11.3 Å². The second-order valence-corrected chi connectivity index (χ2v) is 6.15. The maximum absolute atomic E-state index is 13.5. The van der Waals surface area contributed by atoms with Crippen LogP contribution in [0.1, 0.15) is 18.1 Å². The lowest BCUT2D eigenvalue weighted by atomic mass is 10.0. The summed E-state index contributed by atoms with van der Waals surface area (Å²) in [5.74, 6) is -0.247. The summed E-state index contributed by atoms with van der Waals surface area (Å²) in [5, 5.41) is 7.90. The molecule has 2 aromatic carbocycles. The molecule has 0 saturated heterocycles. The third-order valence-electron chi connectivity index (χ3n) is 3.83. The van der Waals surface area contributed by atoms with Gasteiger partial charge in [-0.05, 0) is 41.1 Å². The summed E-state index contributed by atoms with van der Waals surface area (Å²) in [7, 11) is 1.51. The van der Waals surface area contributed by atoms with Crippen LogP contribution in [0.3, 0.4) is 0 Å². The zero-order valence-electron chi connectivity index (χ0n) is 14.2. The van der Waals surface area contributed by atoms with Crippen LogP contribution in [0.4, 0.5) is 4.39 Å². The molecule has 3 aromatic rings. The quantitative estimate of drug-likeness (QED) is 0.687. The Hall–Kier alpha value is -2.93. The first-order chi connectivity index (χ1) is 12.4. The number of allylic oxidation sites excluding steroid dienone is 1. The molecule has 0 unspecified atom stereocenters. The molecule has 134 valence electrons. The molecule has 26 heavy (non-hydrogen) atoms. The maximum Gasteiger partial charge on any atom is 0.368 e. The van der Waals surface area contributed by atoms with Gasteiger partial charge in [0.15, 0.2) is 0 Å². The summed E-state index contributed by atoms with van der Waals surface area (Å²) in [6, 6.07) is 9.26. The lowest BCUT2D eigenvalue weighted by Crippen LogP contribution is -2.23. The van der Waals surface area contributed by atoms with Gasteiger partial charge in [-0.1, -0.05) is 35.9 Å². The van der Waals surface area contributed by atoms with Crippen LogP contribution in [0.2, 0.25) is 5.02 Å². The van der Waals surface area contributed by atoms with E-state index in [9.17, 15) is 9.18 Å². The average molecular weight is 375 g/mol. The van der Waals surface area contributed by atoms with Crippen LogP contribution in [0, 0.1) is 5.82 Å². The molecule has 0 aliphatic rings. The summed E-state index contributed by atoms with van der Waals surface area (Å²) in [4.78, 5) is 12.2. The van der Waals surface area contributed by atoms with Gasteiger partial charge in [0.1, 0.15) is 18.2 Å². The number of aromatic nitrogens is 4. The normalized spacial score (nSPS) is 10.8. The van der Waals surface area contributed by atoms with E-state index in [0.717, 1.165) is 15.8 Å². The van der Waals surface area contributed by atoms with Crippen LogP contribution in [-0.2, 0) is 13.7 Å². The number of benzene rings is 2. The monoisotopic (exact) mass is 374 g/mol. The highest BCUT2D eigenvalue weighted by Gasteiger charge is 2.16. The molecule has 0 atom stereocenters. The third kappa shape index (κ3) is 3.39. The van der Waals surface area contributed by atoms with Gasteiger partial charge in [0.2, 0.25) is 0 Å². The van der Waals surface area contributed by atoms with E-state index in [-0.39, 0.29) is 17.4 Å². The number of hydrogen-bond acceptors (Lipinski definition) is 4. The lowest BCUT2D eigenvalue weighted by Gasteiger charge is -2.15. The van der Waals surface area contributed by atoms with Gasteiger partial charge >= 0.3 is 5.69 Å². The minimum absolute atomic E-state index is 0.0462. The number of nitrogens with zero attached hydrogens (tertiary/aromatic N) is 4. The standard InChI is InChI=1S/C18H16ClFN4O2/c1-11(2)13-5-4-6-16(24-18(25)23(3)21-22-24)14(13)10-26-17-9-12(20)7-8-15(17)19/h4-9H,1,10H2,2-3H3. The van der Waals surface area contributed by atoms with Crippen molar-refractivity contribution in [1.82, 2.24) is 19.8 Å². The van der Waals surface area contributed by atoms with Gasteiger partial charge in [-0.15, -0.1) is 0 Å². The van der Waals surface area contributed by atoms with Gasteiger partial charge in [-0.3, -0.25) is 0 Å². The average Bonchev–Trinajstić information content (AvgIpc) is 2.94. The molecule has 0 amide bonds. The van der Waals surface area contributed by atoms with E-state index in [2.05, 4.69) is 17.0 Å². The minimum Gasteiger partial charge on any atom is -0.487 e. The van der Waals surface area contributed by atoms with Crippen molar-refractivity contribution in [2.45, 2.75) is 13.5 Å². The molecule has 0 radical (unpaired) electrons. The Morgan fingerprint density at radius 2 is 2.08 bits per heavy atom. The van der Waals surface area contributed by atoms with Gasteiger partial charge in [0.05, 0.1) is 10.7 Å². The van der Waals surface area contributed by atoms with Gasteiger partial charge in [-0.25, -0.2) is 9.18 Å². The second-order valence-electron chi connectivity index (χ2n) is 5.74. The Kier molecular flexibility index (Phi) is 4.90. The molecule has 0 bridgehead atoms. The number of aryl methyl sites for hydroxylation is 1. The van der Waals surface area contributed by atoms with Crippen molar-refractivity contribution < 1.29 is 9.13 Å². The van der Waals surface area contributed by atoms with E-state index in [1.54, 1.807) is 12.1 Å². The number of halogens is 2. The Morgan fingerprint density at radius 3 is 2.73 bits per heavy atom. The molecular formula is C18H16ClFN4O2. The summed E-state index contributed by atoms with van der Waals surface area (Å²) in [5.41, 5.74) is 2.37. The van der Waals surface area contributed by atoms with Crippen LogP contribution < -0.4 is 10.4 Å². The molecule has 0 aliphatic carbocycles. The number of ether oxygens (including phenoxy) is 1. The molecule has 3 rings (SSSR count). The molecule has 0 N–H and O–H groups in total. The van der Waals surface area contributed by atoms with E-state index >= 15 is 0 Å². The fourth-order valence-corrected chi connectivity index (χ4v) is 2.70. The third-order valence-corrected chi connectivity index (χ3v) is 4.14. The summed E-state index contributed by atoms with van der Waals surface area (Å²) >= 11 is 6.06. The van der Waals surface area contributed by atoms with Gasteiger partial charge in [0.25, 0.3) is 0 Å². The summed E-state index contributed by atoms with van der Waals surface area (Å²) in [6.45, 7) is 5.86. The number of rotatable bonds is 5. The molecule has 0 spiro atoms. The molecule has 1 heterocycles. The summed E-state index contributed by atoms with van der Waals surface area (Å²) in [6.07, 6.45) is 0. The van der Waals surface area contributed by atoms with Gasteiger partial charge in [0, 0.05) is 18.7 Å². The first kappa shape index (κ1) is 17.9. The van der Waals surface area contributed by atoms with Crippen LogP contribution in [0.15, 0.2) is 47.8 Å². The van der Waals surface area contributed by atoms with Crippen molar-refractivity contribution in [3.63, 3.8) is 0 Å². The minimum atomic E-state index is -0.456. The molecular weight excluding hydrogens is 359 g/mol. The first-order valence-electron chi connectivity index (χ1n) is 7.73. The van der Waals surface area contributed by atoms with Crippen LogP contribution in [0.25, 0.3) is 11.3 Å². The van der Waals surface area contributed by atoms with Crippen molar-refractivity contribution >= 4 is 17.2 Å². The smallest absolute Gasteiger partial charge is 0.368 e. The van der Waals surface area contributed by atoms with Crippen molar-refractivity contribution in [1.29, 1.82) is 0 Å². The van der Waals surface area contributed by atoms with Crippen molar-refractivity contribution in [3.8, 4) is 11.4 Å². The van der Waals surface area contributed by atoms with E-state index in [1.165, 1.54) is 29.9 Å². The number of hydrogen-bond donors (Lipinski definition) is 0. The summed E-state index contributed by atoms with van der Waals surface area (Å²) < 4.78 is 21.5. The van der Waals surface area contributed by atoms with Gasteiger partial charge in [-0.2, -0.15) is 9.36 Å². The van der Waals surface area contributed by atoms with E-state index in [4.69, 9.17) is 16.3 Å². The SMILES string of the molecule is C=C(C)c1cccc(-n2nnn(C)c2=O)c1COc1cc(F)ccc1Cl. The first-order valence-corrected chi connectivity index (χ1v) is 8.11. The zero-order chi connectivity index (χ0) is 18.8. The highest BCUT2D eigenvalue weighted by Crippen LogP contribution is 2.29. The fourth-order valence-electron chi connectivity index (χ4n) is 2.53. The van der Waals surface area contributed by atoms with Crippen LogP contribution in [-0.4, -0.2) is 19.8 Å². The highest BCUT2D eigenvalue weighted by molar-refractivity contribution is 6.32. The molecule has 0 aliphatic heterocycles. The Labute approximate surface area is 154 Å². The van der Waals surface area contributed by atoms with Gasteiger partial charge < -0.3 is 4.74 Å². The Morgan fingerprint density at radius 1 is 1.31 bits per heavy atom. The topological polar surface area (TPSA) is 61.9 Å². The predicted molar refractivity (Wildman–Crippen MR) is 97.1 cm³/mol. The zero-order valence-corrected chi connectivity index (χ0v) is 15.0. The molecule has 6 nitrogen and oxygen atoms in total. The van der Waals surface area contributed by atoms with E-state index < -0.39 is 11.5 Å². The van der Waals surface area contributed by atoms with Crippen molar-refractivity contribution in [3.05, 3.63) is 75.4 Å². The molecule has 0 saturated carbocycles. The largest absolute Gasteiger partial charge is 0.487 e. The number of tetrazole rings is 1. The van der Waals surface area contributed by atoms with Crippen molar-refractivity contribution in [2.24, 2.45) is 7.05 Å². The maximum atomic E-state index is 13.5. The van der Waals surface area contributed by atoms with Crippen LogP contribution >= 0.6 is 11.6 Å². The fraction of sp³-hybridized carbons (Fsp3) is 0.167. The van der Waals surface area contributed by atoms with Crippen LogP contribution in [0.5, 0.6) is 5.75 Å². The lowest BCUT2D eigenvalue weighted by molar-refractivity contribution is 0.304. The highest BCUT2D eigenvalue weighted by atomic mass is 35.5. The second kappa shape index (κ2) is 7.13. The van der Waals surface area contributed by atoms with E-state index in [1.807, 2.05) is 13.0 Å². The molecule has 1 aromatic heterocycles. The Bertz CT molecular complexity index is 1040. The predicted octanol–water partition coefficient (Wildman–Crippen LogP) is 3.37.